The van der Waals surface area contributed by atoms with E-state index >= 15 is 0 Å². The molecule has 2 unspecified atom stereocenters. The second kappa shape index (κ2) is 10.5. The van der Waals surface area contributed by atoms with Crippen LogP contribution in [-0.2, 0) is 28.6 Å². The first kappa shape index (κ1) is 28.3. The zero-order valence-electron chi connectivity index (χ0n) is 23.3. The van der Waals surface area contributed by atoms with Crippen LogP contribution in [0.4, 0.5) is 0 Å². The van der Waals surface area contributed by atoms with Crippen LogP contribution in [0.2, 0.25) is 0 Å². The Kier molecular flexibility index (Phi) is 8.03. The summed E-state index contributed by atoms with van der Waals surface area (Å²) in [5, 5.41) is 21.9. The summed E-state index contributed by atoms with van der Waals surface area (Å²) in [6.45, 7) is 9.44. The molecule has 4 saturated carbocycles. The summed E-state index contributed by atoms with van der Waals surface area (Å²) in [5.41, 5.74) is -0.808. The fraction of sp³-hybridized carbons (Fsp3) is 0.897. The predicted octanol–water partition coefficient (Wildman–Crippen LogP) is 3.65. The van der Waals surface area contributed by atoms with Crippen molar-refractivity contribution < 1.29 is 38.8 Å². The summed E-state index contributed by atoms with van der Waals surface area (Å²) in [6.07, 6.45) is 3.14. The Hall–Kier alpha value is -1.67. The molecule has 210 valence electrons. The highest BCUT2D eigenvalue weighted by molar-refractivity contribution is 5.69. The second-order valence-corrected chi connectivity index (χ2v) is 12.9. The van der Waals surface area contributed by atoms with Crippen LogP contribution in [-0.4, -0.2) is 59.6 Å². The second-order valence-electron chi connectivity index (χ2n) is 12.9. The fourth-order valence-corrected chi connectivity index (χ4v) is 9.51. The van der Waals surface area contributed by atoms with Gasteiger partial charge < -0.3 is 24.4 Å². The molecule has 0 bridgehead atoms. The highest BCUT2D eigenvalue weighted by atomic mass is 16.5. The quantitative estimate of drug-likeness (QED) is 0.401. The Morgan fingerprint density at radius 1 is 0.919 bits per heavy atom. The number of carbonyl (C=O) groups excluding carboxylic acids is 3. The van der Waals surface area contributed by atoms with Gasteiger partial charge in [-0.2, -0.15) is 0 Å². The van der Waals surface area contributed by atoms with Gasteiger partial charge in [-0.15, -0.1) is 0 Å². The molecular formula is C29H46O8. The lowest BCUT2D eigenvalue weighted by Crippen LogP contribution is -2.66. The number of rotatable bonds is 6. The lowest BCUT2D eigenvalue weighted by Gasteiger charge is -2.65. The van der Waals surface area contributed by atoms with Crippen LogP contribution in [0.15, 0.2) is 0 Å². The number of hydrogen-bond acceptors (Lipinski definition) is 8. The zero-order valence-corrected chi connectivity index (χ0v) is 23.3. The third kappa shape index (κ3) is 4.81. The molecule has 0 radical (unpaired) electrons. The molecular weight excluding hydrogens is 476 g/mol. The van der Waals surface area contributed by atoms with Crippen molar-refractivity contribution in [3.8, 4) is 0 Å². The number of fused-ring (bicyclic) bond motifs is 5. The van der Waals surface area contributed by atoms with E-state index in [-0.39, 0.29) is 71.0 Å². The van der Waals surface area contributed by atoms with Crippen LogP contribution in [0.5, 0.6) is 0 Å². The minimum Gasteiger partial charge on any atom is -0.469 e. The van der Waals surface area contributed by atoms with E-state index in [4.69, 9.17) is 14.2 Å². The number of esters is 3. The third-order valence-electron chi connectivity index (χ3n) is 11.2. The van der Waals surface area contributed by atoms with Gasteiger partial charge in [0.1, 0.15) is 12.2 Å². The molecule has 0 heterocycles. The molecule has 4 fully saturated rings. The van der Waals surface area contributed by atoms with Gasteiger partial charge in [0.2, 0.25) is 0 Å². The van der Waals surface area contributed by atoms with Gasteiger partial charge in [0.05, 0.1) is 19.3 Å². The number of methoxy groups -OCH3 is 1. The van der Waals surface area contributed by atoms with Crippen LogP contribution in [0, 0.1) is 46.3 Å². The Morgan fingerprint density at radius 2 is 1.59 bits per heavy atom. The Morgan fingerprint density at radius 3 is 2.22 bits per heavy atom. The molecule has 2 N–H and O–H groups in total. The van der Waals surface area contributed by atoms with Crippen molar-refractivity contribution in [1.29, 1.82) is 0 Å². The van der Waals surface area contributed by atoms with Gasteiger partial charge in [0.15, 0.2) is 0 Å². The Labute approximate surface area is 220 Å². The minimum atomic E-state index is -0.675. The van der Waals surface area contributed by atoms with Crippen LogP contribution >= 0.6 is 0 Å². The van der Waals surface area contributed by atoms with Crippen molar-refractivity contribution in [3.63, 3.8) is 0 Å². The fourth-order valence-electron chi connectivity index (χ4n) is 9.51. The molecule has 4 aliphatic rings. The molecule has 4 aliphatic carbocycles. The molecule has 0 aliphatic heterocycles. The molecule has 0 aromatic carbocycles. The van der Waals surface area contributed by atoms with E-state index in [2.05, 4.69) is 20.8 Å². The number of ether oxygens (including phenoxy) is 3. The maximum absolute atomic E-state index is 12.4. The average Bonchev–Trinajstić information content (AvgIpc) is 3.17. The van der Waals surface area contributed by atoms with Crippen molar-refractivity contribution in [1.82, 2.24) is 0 Å². The molecule has 12 atom stereocenters. The van der Waals surface area contributed by atoms with E-state index < -0.39 is 17.6 Å². The summed E-state index contributed by atoms with van der Waals surface area (Å²) >= 11 is 0. The predicted molar refractivity (Wildman–Crippen MR) is 135 cm³/mol. The smallest absolute Gasteiger partial charge is 0.305 e. The number of aliphatic hydroxyl groups excluding tert-OH is 2. The van der Waals surface area contributed by atoms with Gasteiger partial charge in [-0.25, -0.2) is 0 Å². The first-order valence-electron chi connectivity index (χ1n) is 14.1. The van der Waals surface area contributed by atoms with E-state index in [0.717, 1.165) is 12.8 Å². The summed E-state index contributed by atoms with van der Waals surface area (Å²) in [6, 6.07) is 0. The number of aliphatic hydroxyl groups is 2. The highest BCUT2D eigenvalue weighted by Gasteiger charge is 2.69. The topological polar surface area (TPSA) is 119 Å². The van der Waals surface area contributed by atoms with Crippen molar-refractivity contribution in [2.24, 2.45) is 46.3 Å². The molecule has 0 spiro atoms. The molecule has 37 heavy (non-hydrogen) atoms. The zero-order chi connectivity index (χ0) is 27.3. The van der Waals surface area contributed by atoms with E-state index in [9.17, 15) is 24.6 Å². The molecule has 0 amide bonds. The van der Waals surface area contributed by atoms with Gasteiger partial charge >= 0.3 is 17.9 Å². The van der Waals surface area contributed by atoms with E-state index in [0.29, 0.717) is 38.5 Å². The molecule has 4 rings (SSSR count). The number of carbonyl (C=O) groups is 3. The van der Waals surface area contributed by atoms with Gasteiger partial charge in [0, 0.05) is 31.6 Å². The van der Waals surface area contributed by atoms with E-state index in [1.54, 1.807) is 0 Å². The van der Waals surface area contributed by atoms with E-state index in [1.807, 2.05) is 0 Å². The molecule has 0 saturated heterocycles. The lowest BCUT2D eigenvalue weighted by atomic mass is 9.42. The molecule has 8 nitrogen and oxygen atoms in total. The van der Waals surface area contributed by atoms with Gasteiger partial charge in [-0.05, 0) is 80.0 Å². The SMILES string of the molecule is COC(=O)CC[C@@H](C)[C@H]1CC[C@H]2C3C(C[C@H](OC(C)=O)[C@]12C)[C@]1(C)[C@@H](C[C@H](O)C[C@H]1O)C[C@H]3OC(C)=O. The van der Waals surface area contributed by atoms with Crippen LogP contribution in [0.25, 0.3) is 0 Å². The van der Waals surface area contributed by atoms with Crippen LogP contribution < -0.4 is 0 Å². The van der Waals surface area contributed by atoms with Crippen molar-refractivity contribution in [3.05, 3.63) is 0 Å². The highest BCUT2D eigenvalue weighted by Crippen LogP contribution is 2.69. The maximum atomic E-state index is 12.4. The summed E-state index contributed by atoms with van der Waals surface area (Å²) in [5.74, 6) is -0.222. The monoisotopic (exact) mass is 522 g/mol. The van der Waals surface area contributed by atoms with Crippen LogP contribution in [0.1, 0.15) is 86.0 Å². The molecule has 0 aromatic rings. The molecule has 0 aromatic heterocycles. The summed E-state index contributed by atoms with van der Waals surface area (Å²) in [4.78, 5) is 36.5. The Bertz CT molecular complexity index is 889. The first-order valence-corrected chi connectivity index (χ1v) is 14.1. The Balaban J connectivity index is 1.74. The summed E-state index contributed by atoms with van der Waals surface area (Å²) in [7, 11) is 1.41. The van der Waals surface area contributed by atoms with Crippen molar-refractivity contribution in [2.45, 2.75) is 110 Å². The van der Waals surface area contributed by atoms with E-state index in [1.165, 1.54) is 21.0 Å². The maximum Gasteiger partial charge on any atom is 0.305 e. The summed E-state index contributed by atoms with van der Waals surface area (Å²) < 4.78 is 17.0. The van der Waals surface area contributed by atoms with Crippen LogP contribution in [0.3, 0.4) is 0 Å². The van der Waals surface area contributed by atoms with Crippen molar-refractivity contribution in [2.75, 3.05) is 7.11 Å². The first-order chi connectivity index (χ1) is 17.3. The minimum absolute atomic E-state index is 0.00958. The normalized spacial score (nSPS) is 45.6. The third-order valence-corrected chi connectivity index (χ3v) is 11.2. The number of hydrogen-bond donors (Lipinski definition) is 2. The average molecular weight is 523 g/mol. The van der Waals surface area contributed by atoms with Gasteiger partial charge in [-0.1, -0.05) is 20.8 Å². The van der Waals surface area contributed by atoms with Crippen molar-refractivity contribution >= 4 is 17.9 Å². The largest absolute Gasteiger partial charge is 0.469 e. The van der Waals surface area contributed by atoms with Gasteiger partial charge in [0.25, 0.3) is 0 Å². The standard InChI is InChI=1S/C29H46O8/c1-15(7-10-26(34)35-6)20-8-9-21-27-22(14-25(29(20,21)5)37-17(3)31)28(4)18(11-19(32)13-24(28)33)12-23(27)36-16(2)30/h15,18-25,27,32-33H,7-14H2,1-6H3/t15-,18+,19+,20-,21+,22?,23-,24-,25+,27?,28+,29-/m1/s1. The van der Waals surface area contributed by atoms with Gasteiger partial charge in [-0.3, -0.25) is 14.4 Å². The molecule has 8 heteroatoms. The lowest BCUT2D eigenvalue weighted by molar-refractivity contribution is -0.243.